The van der Waals surface area contributed by atoms with E-state index in [2.05, 4.69) is 36.2 Å². The topological polar surface area (TPSA) is 44.8 Å². The number of methoxy groups -OCH3 is 1. The van der Waals surface area contributed by atoms with Crippen LogP contribution in [0.5, 0.6) is 5.75 Å². The fourth-order valence-corrected chi connectivity index (χ4v) is 3.53. The SMILES string of the molecule is COc1ccccc1N1CCN(C(=O)CNc2ccccc2C(C)C)CC1. The van der Waals surface area contributed by atoms with Crippen LogP contribution in [0.25, 0.3) is 0 Å². The first-order valence-corrected chi connectivity index (χ1v) is 9.58. The number of carbonyl (C=O) groups excluding carboxylic acids is 1. The third kappa shape index (κ3) is 4.54. The summed E-state index contributed by atoms with van der Waals surface area (Å²) in [5.41, 5.74) is 3.39. The number of anilines is 2. The summed E-state index contributed by atoms with van der Waals surface area (Å²) >= 11 is 0. The van der Waals surface area contributed by atoms with Gasteiger partial charge in [-0.05, 0) is 29.7 Å². The molecule has 144 valence electrons. The second kappa shape index (κ2) is 8.80. The molecule has 2 aromatic carbocycles. The smallest absolute Gasteiger partial charge is 0.241 e. The summed E-state index contributed by atoms with van der Waals surface area (Å²) in [4.78, 5) is 16.9. The van der Waals surface area contributed by atoms with E-state index in [1.165, 1.54) is 5.56 Å². The number of carbonyl (C=O) groups is 1. The zero-order chi connectivity index (χ0) is 19.2. The predicted molar refractivity (Wildman–Crippen MR) is 111 cm³/mol. The second-order valence-electron chi connectivity index (χ2n) is 7.14. The molecular weight excluding hydrogens is 338 g/mol. The van der Waals surface area contributed by atoms with Gasteiger partial charge in [0.2, 0.25) is 5.91 Å². The van der Waals surface area contributed by atoms with Crippen LogP contribution in [0.1, 0.15) is 25.3 Å². The largest absolute Gasteiger partial charge is 0.495 e. The molecule has 3 rings (SSSR count). The normalized spacial score (nSPS) is 14.4. The molecule has 1 amide bonds. The zero-order valence-electron chi connectivity index (χ0n) is 16.4. The minimum Gasteiger partial charge on any atom is -0.495 e. The van der Waals surface area contributed by atoms with Crippen LogP contribution in [0.4, 0.5) is 11.4 Å². The molecule has 27 heavy (non-hydrogen) atoms. The third-order valence-corrected chi connectivity index (χ3v) is 5.07. The van der Waals surface area contributed by atoms with E-state index in [9.17, 15) is 4.79 Å². The molecule has 0 radical (unpaired) electrons. The summed E-state index contributed by atoms with van der Waals surface area (Å²) in [6.45, 7) is 7.75. The average molecular weight is 367 g/mol. The lowest BCUT2D eigenvalue weighted by atomic mass is 10.0. The first-order chi connectivity index (χ1) is 13.1. The Bertz CT molecular complexity index is 768. The molecule has 1 aliphatic rings. The van der Waals surface area contributed by atoms with E-state index in [-0.39, 0.29) is 5.91 Å². The summed E-state index contributed by atoms with van der Waals surface area (Å²) in [6, 6.07) is 16.2. The molecule has 0 aliphatic carbocycles. The van der Waals surface area contributed by atoms with Crippen molar-refractivity contribution in [3.05, 3.63) is 54.1 Å². The Labute approximate surface area is 161 Å². The monoisotopic (exact) mass is 367 g/mol. The molecule has 0 aromatic heterocycles. The highest BCUT2D eigenvalue weighted by molar-refractivity contribution is 5.81. The van der Waals surface area contributed by atoms with Gasteiger partial charge in [-0.1, -0.05) is 44.2 Å². The van der Waals surface area contributed by atoms with Crippen molar-refractivity contribution in [1.82, 2.24) is 4.90 Å². The Hall–Kier alpha value is -2.69. The lowest BCUT2D eigenvalue weighted by Gasteiger charge is -2.36. The predicted octanol–water partition coefficient (Wildman–Crippen LogP) is 3.58. The van der Waals surface area contributed by atoms with E-state index in [1.54, 1.807) is 7.11 Å². The first kappa shape index (κ1) is 19.1. The summed E-state index contributed by atoms with van der Waals surface area (Å²) in [5.74, 6) is 1.45. The number of benzene rings is 2. The number of hydrogen-bond acceptors (Lipinski definition) is 4. The Morgan fingerprint density at radius 3 is 2.41 bits per heavy atom. The van der Waals surface area contributed by atoms with Crippen molar-refractivity contribution < 1.29 is 9.53 Å². The fourth-order valence-electron chi connectivity index (χ4n) is 3.53. The van der Waals surface area contributed by atoms with Gasteiger partial charge < -0.3 is 19.9 Å². The van der Waals surface area contributed by atoms with E-state index in [0.717, 1.165) is 43.3 Å². The lowest BCUT2D eigenvalue weighted by molar-refractivity contribution is -0.129. The van der Waals surface area contributed by atoms with Gasteiger partial charge in [-0.15, -0.1) is 0 Å². The van der Waals surface area contributed by atoms with Crippen molar-refractivity contribution in [2.75, 3.05) is 50.1 Å². The lowest BCUT2D eigenvalue weighted by Crippen LogP contribution is -2.50. The van der Waals surface area contributed by atoms with E-state index >= 15 is 0 Å². The van der Waals surface area contributed by atoms with Crippen molar-refractivity contribution in [2.24, 2.45) is 0 Å². The second-order valence-corrected chi connectivity index (χ2v) is 7.14. The van der Waals surface area contributed by atoms with Crippen LogP contribution in [0.15, 0.2) is 48.5 Å². The summed E-state index contributed by atoms with van der Waals surface area (Å²) in [7, 11) is 1.69. The van der Waals surface area contributed by atoms with Crippen molar-refractivity contribution >= 4 is 17.3 Å². The van der Waals surface area contributed by atoms with Gasteiger partial charge in [-0.2, -0.15) is 0 Å². The van der Waals surface area contributed by atoms with Gasteiger partial charge in [0, 0.05) is 31.9 Å². The Morgan fingerprint density at radius 1 is 1.04 bits per heavy atom. The van der Waals surface area contributed by atoms with Crippen molar-refractivity contribution in [1.29, 1.82) is 0 Å². The number of ether oxygens (including phenoxy) is 1. The van der Waals surface area contributed by atoms with E-state index in [4.69, 9.17) is 4.74 Å². The molecule has 0 atom stereocenters. The molecule has 1 N–H and O–H groups in total. The minimum atomic E-state index is 0.147. The highest BCUT2D eigenvalue weighted by Crippen LogP contribution is 2.28. The van der Waals surface area contributed by atoms with Gasteiger partial charge in [-0.25, -0.2) is 0 Å². The maximum Gasteiger partial charge on any atom is 0.241 e. The van der Waals surface area contributed by atoms with E-state index in [1.807, 2.05) is 41.3 Å². The molecule has 0 bridgehead atoms. The Morgan fingerprint density at radius 2 is 1.70 bits per heavy atom. The number of hydrogen-bond donors (Lipinski definition) is 1. The molecule has 1 fully saturated rings. The minimum absolute atomic E-state index is 0.147. The number of piperazine rings is 1. The fraction of sp³-hybridized carbons (Fsp3) is 0.409. The number of amides is 1. The Kier molecular flexibility index (Phi) is 6.22. The number of rotatable bonds is 6. The first-order valence-electron chi connectivity index (χ1n) is 9.58. The van der Waals surface area contributed by atoms with Gasteiger partial charge >= 0.3 is 0 Å². The molecule has 0 saturated carbocycles. The van der Waals surface area contributed by atoms with Crippen LogP contribution in [-0.2, 0) is 4.79 Å². The number of para-hydroxylation sites is 3. The molecule has 1 aliphatic heterocycles. The van der Waals surface area contributed by atoms with Crippen LogP contribution in [-0.4, -0.2) is 50.6 Å². The van der Waals surface area contributed by atoms with Gasteiger partial charge in [0.1, 0.15) is 5.75 Å². The molecule has 0 unspecified atom stereocenters. The Balaban J connectivity index is 1.55. The van der Waals surface area contributed by atoms with Crippen molar-refractivity contribution in [2.45, 2.75) is 19.8 Å². The van der Waals surface area contributed by atoms with Gasteiger partial charge in [0.05, 0.1) is 19.3 Å². The average Bonchev–Trinajstić information content (AvgIpc) is 2.72. The standard InChI is InChI=1S/C22H29N3O2/c1-17(2)18-8-4-5-9-19(18)23-16-22(26)25-14-12-24(13-15-25)20-10-6-7-11-21(20)27-3/h4-11,17,23H,12-16H2,1-3H3. The van der Waals surface area contributed by atoms with Gasteiger partial charge in [0.15, 0.2) is 0 Å². The highest BCUT2D eigenvalue weighted by Gasteiger charge is 2.22. The summed E-state index contributed by atoms with van der Waals surface area (Å²) in [6.07, 6.45) is 0. The number of nitrogens with zero attached hydrogens (tertiary/aromatic N) is 2. The summed E-state index contributed by atoms with van der Waals surface area (Å²) in [5, 5.41) is 3.33. The van der Waals surface area contributed by atoms with Crippen molar-refractivity contribution in [3.63, 3.8) is 0 Å². The maximum absolute atomic E-state index is 12.6. The summed E-state index contributed by atoms with van der Waals surface area (Å²) < 4.78 is 5.46. The molecule has 1 saturated heterocycles. The van der Waals surface area contributed by atoms with Crippen LogP contribution < -0.4 is 15.0 Å². The highest BCUT2D eigenvalue weighted by atomic mass is 16.5. The molecule has 2 aromatic rings. The molecule has 5 heteroatoms. The molecule has 5 nitrogen and oxygen atoms in total. The van der Waals surface area contributed by atoms with E-state index < -0.39 is 0 Å². The quantitative estimate of drug-likeness (QED) is 0.848. The van der Waals surface area contributed by atoms with Crippen molar-refractivity contribution in [3.8, 4) is 5.75 Å². The van der Waals surface area contributed by atoms with Gasteiger partial charge in [0.25, 0.3) is 0 Å². The molecule has 0 spiro atoms. The number of nitrogens with one attached hydrogen (secondary N) is 1. The zero-order valence-corrected chi connectivity index (χ0v) is 16.4. The van der Waals surface area contributed by atoms with E-state index in [0.29, 0.717) is 12.5 Å². The molecule has 1 heterocycles. The van der Waals surface area contributed by atoms with Gasteiger partial charge in [-0.3, -0.25) is 4.79 Å². The van der Waals surface area contributed by atoms with Crippen LogP contribution in [0.2, 0.25) is 0 Å². The molecular formula is C22H29N3O2. The van der Waals surface area contributed by atoms with Crippen LogP contribution in [0.3, 0.4) is 0 Å². The third-order valence-electron chi connectivity index (χ3n) is 5.07. The maximum atomic E-state index is 12.6. The van der Waals surface area contributed by atoms with Crippen LogP contribution >= 0.6 is 0 Å². The van der Waals surface area contributed by atoms with Crippen LogP contribution in [0, 0.1) is 0 Å².